The van der Waals surface area contributed by atoms with Crippen molar-refractivity contribution in [3.8, 4) is 0 Å². The molecule has 4 rings (SSSR count). The molecule has 0 aliphatic heterocycles. The number of sulfonamides is 4. The first kappa shape index (κ1) is 43.3. The van der Waals surface area contributed by atoms with Gasteiger partial charge in [-0.05, 0) is 102 Å². The van der Waals surface area contributed by atoms with Crippen LogP contribution in [-0.2, 0) is 40.1 Å². The van der Waals surface area contributed by atoms with Gasteiger partial charge in [-0.2, -0.15) is 16.8 Å². The maximum absolute atomic E-state index is 14.7. The van der Waals surface area contributed by atoms with Gasteiger partial charge in [0.25, 0.3) is 0 Å². The molecule has 0 aliphatic carbocycles. The van der Waals surface area contributed by atoms with Crippen LogP contribution in [0, 0.1) is 27.7 Å². The topological polar surface area (TPSA) is 173 Å². The molecular formula is C38H51N4O8S4+. The summed E-state index contributed by atoms with van der Waals surface area (Å²) >= 11 is 0. The molecule has 0 spiro atoms. The van der Waals surface area contributed by atoms with Gasteiger partial charge in [-0.1, -0.05) is 70.8 Å². The van der Waals surface area contributed by atoms with Gasteiger partial charge in [0, 0.05) is 25.9 Å². The fraction of sp³-hybridized carbons (Fsp3) is 0.368. The quantitative estimate of drug-likeness (QED) is 0.0780. The second-order valence-electron chi connectivity index (χ2n) is 13.4. The highest BCUT2D eigenvalue weighted by Crippen LogP contribution is 2.35. The average molecular weight is 820 g/mol. The summed E-state index contributed by atoms with van der Waals surface area (Å²) in [7, 11) is -16.8. The van der Waals surface area contributed by atoms with E-state index < -0.39 is 49.9 Å². The Balaban J connectivity index is 1.52. The minimum Gasteiger partial charge on any atom is -0.317 e. The predicted molar refractivity (Wildman–Crippen MR) is 211 cm³/mol. The van der Waals surface area contributed by atoms with E-state index in [1.54, 1.807) is 74.5 Å². The second kappa shape index (κ2) is 18.4. The number of unbranched alkanes of at least 4 members (excludes halogenated alkanes) is 1. The van der Waals surface area contributed by atoms with Crippen LogP contribution in [0.15, 0.2) is 117 Å². The molecule has 54 heavy (non-hydrogen) atoms. The van der Waals surface area contributed by atoms with Crippen molar-refractivity contribution in [1.29, 1.82) is 0 Å². The number of rotatable bonds is 21. The third-order valence-electron chi connectivity index (χ3n) is 9.07. The fourth-order valence-electron chi connectivity index (χ4n) is 5.80. The average Bonchev–Trinajstić information content (AvgIpc) is 3.12. The van der Waals surface area contributed by atoms with Crippen molar-refractivity contribution in [3.63, 3.8) is 0 Å². The monoisotopic (exact) mass is 819 g/mol. The van der Waals surface area contributed by atoms with Crippen LogP contribution in [0.4, 0.5) is 0 Å². The number of nitrogens with zero attached hydrogens (tertiary/aromatic N) is 1. The largest absolute Gasteiger partial charge is 0.341 e. The van der Waals surface area contributed by atoms with E-state index in [9.17, 15) is 33.7 Å². The standard InChI is InChI=1S/C38H51N4O8S4/c1-31-9-17-35(18-10-31)51(43,44)40-27-7-26-39-25-5-6-29-42(53(47,48)37-21-13-33(3)14-22-37,54(49,50)38-23-15-34(4)16-24-38)30-8-28-41-52(45,46)36-19-11-32(2)12-20-36/h9-24,39-41H,5-8,25-30H2,1-4H3/q+1. The van der Waals surface area contributed by atoms with Crippen LogP contribution in [0.1, 0.15) is 47.9 Å². The maximum Gasteiger partial charge on any atom is 0.341 e. The summed E-state index contributed by atoms with van der Waals surface area (Å²) in [6.07, 6.45) is 1.01. The highest BCUT2D eigenvalue weighted by Gasteiger charge is 2.54. The summed E-state index contributed by atoms with van der Waals surface area (Å²) in [4.78, 5) is -0.0810. The Morgan fingerprint density at radius 1 is 0.389 bits per heavy atom. The lowest BCUT2D eigenvalue weighted by molar-refractivity contribution is -0.674. The molecule has 0 amide bonds. The molecular weight excluding hydrogens is 769 g/mol. The molecule has 0 unspecified atom stereocenters. The molecule has 0 bridgehead atoms. The minimum absolute atomic E-state index is 0.0459. The molecule has 294 valence electrons. The zero-order chi connectivity index (χ0) is 39.6. The van der Waals surface area contributed by atoms with Crippen molar-refractivity contribution in [2.45, 2.75) is 73.0 Å². The summed E-state index contributed by atoms with van der Waals surface area (Å²) in [6, 6.07) is 24.9. The molecule has 0 aromatic heterocycles. The third-order valence-corrected chi connectivity index (χ3v) is 17.4. The first-order valence-electron chi connectivity index (χ1n) is 17.8. The number of hydrogen-bond donors (Lipinski definition) is 3. The number of nitrogens with one attached hydrogen (secondary N) is 3. The Bertz CT molecular complexity index is 2200. The van der Waals surface area contributed by atoms with Gasteiger partial charge >= 0.3 is 20.0 Å². The molecule has 12 nitrogen and oxygen atoms in total. The molecule has 0 saturated heterocycles. The zero-order valence-electron chi connectivity index (χ0n) is 31.2. The van der Waals surface area contributed by atoms with E-state index in [1.165, 1.54) is 36.4 Å². The van der Waals surface area contributed by atoms with Gasteiger partial charge in [-0.25, -0.2) is 26.3 Å². The lowest BCUT2D eigenvalue weighted by atomic mass is 10.2. The summed E-state index contributed by atoms with van der Waals surface area (Å²) < 4.78 is 114. The van der Waals surface area contributed by atoms with E-state index in [2.05, 4.69) is 14.8 Å². The molecule has 0 aliphatic rings. The van der Waals surface area contributed by atoms with Gasteiger partial charge in [0.2, 0.25) is 20.0 Å². The molecule has 16 heteroatoms. The summed E-state index contributed by atoms with van der Waals surface area (Å²) in [5, 5.41) is 3.23. The first-order valence-corrected chi connectivity index (χ1v) is 23.6. The number of aryl methyl sites for hydroxylation is 4. The number of quaternary nitrogens is 1. The van der Waals surface area contributed by atoms with Gasteiger partial charge in [0.05, 0.1) is 9.79 Å². The number of hydrogen-bond acceptors (Lipinski definition) is 9. The molecule has 0 heterocycles. The lowest BCUT2D eigenvalue weighted by Gasteiger charge is -2.35. The predicted octanol–water partition coefficient (Wildman–Crippen LogP) is 4.92. The maximum atomic E-state index is 14.7. The number of benzene rings is 4. The van der Waals surface area contributed by atoms with Gasteiger partial charge in [-0.15, -0.1) is 3.29 Å². The van der Waals surface area contributed by atoms with Gasteiger partial charge < -0.3 is 5.32 Å². The van der Waals surface area contributed by atoms with Gasteiger partial charge in [0.1, 0.15) is 22.9 Å². The summed E-state index contributed by atoms with van der Waals surface area (Å²) in [6.45, 7) is 7.51. The van der Waals surface area contributed by atoms with Crippen molar-refractivity contribution >= 4 is 40.1 Å². The van der Waals surface area contributed by atoms with Gasteiger partial charge in [0.15, 0.2) is 0 Å². The van der Waals surface area contributed by atoms with E-state index in [1.807, 2.05) is 13.8 Å². The fourth-order valence-corrected chi connectivity index (χ4v) is 12.7. The summed E-state index contributed by atoms with van der Waals surface area (Å²) in [5.74, 6) is 0. The van der Waals surface area contributed by atoms with Crippen molar-refractivity contribution < 1.29 is 37.0 Å². The van der Waals surface area contributed by atoms with E-state index in [0.29, 0.717) is 25.9 Å². The molecule has 4 aromatic rings. The van der Waals surface area contributed by atoms with Gasteiger partial charge in [-0.3, -0.25) is 0 Å². The highest BCUT2D eigenvalue weighted by atomic mass is 32.3. The third kappa shape index (κ3) is 10.6. The van der Waals surface area contributed by atoms with Crippen LogP contribution in [0.5, 0.6) is 0 Å². The minimum atomic E-state index is -4.63. The highest BCUT2D eigenvalue weighted by molar-refractivity contribution is 7.98. The van der Waals surface area contributed by atoms with Crippen LogP contribution in [-0.4, -0.2) is 76.2 Å². The Hall–Kier alpha value is -3.48. The molecule has 4 aromatic carbocycles. The van der Waals surface area contributed by atoms with E-state index in [-0.39, 0.29) is 52.1 Å². The van der Waals surface area contributed by atoms with Crippen LogP contribution >= 0.6 is 0 Å². The van der Waals surface area contributed by atoms with Crippen molar-refractivity contribution in [2.24, 2.45) is 0 Å². The molecule has 0 saturated carbocycles. The van der Waals surface area contributed by atoms with E-state index >= 15 is 0 Å². The van der Waals surface area contributed by atoms with Crippen LogP contribution < -0.4 is 14.8 Å². The van der Waals surface area contributed by atoms with Crippen molar-refractivity contribution in [2.75, 3.05) is 39.3 Å². The summed E-state index contributed by atoms with van der Waals surface area (Å²) in [5.41, 5.74) is 3.44. The normalized spacial score (nSPS) is 12.9. The smallest absolute Gasteiger partial charge is 0.317 e. The van der Waals surface area contributed by atoms with Crippen LogP contribution in [0.25, 0.3) is 0 Å². The molecule has 0 fully saturated rings. The van der Waals surface area contributed by atoms with E-state index in [0.717, 1.165) is 22.3 Å². The SMILES string of the molecule is Cc1ccc(S(=O)(=O)NCCCNCCCC[N+](CCCNS(=O)(=O)c2ccc(C)cc2)(S(=O)(=O)c2ccc(C)cc2)S(=O)(=O)c2ccc(C)cc2)cc1. The van der Waals surface area contributed by atoms with Crippen LogP contribution in [0.3, 0.4) is 0 Å². The Morgan fingerprint density at radius 2 is 0.704 bits per heavy atom. The first-order chi connectivity index (χ1) is 25.4. The molecule has 0 atom stereocenters. The Morgan fingerprint density at radius 3 is 1.09 bits per heavy atom. The Kier molecular flexibility index (Phi) is 14.8. The van der Waals surface area contributed by atoms with Crippen molar-refractivity contribution in [3.05, 3.63) is 119 Å². The van der Waals surface area contributed by atoms with Crippen LogP contribution in [0.2, 0.25) is 0 Å². The van der Waals surface area contributed by atoms with Crippen molar-refractivity contribution in [1.82, 2.24) is 14.8 Å². The molecule has 0 radical (unpaired) electrons. The molecule has 3 N–H and O–H groups in total. The lowest BCUT2D eigenvalue weighted by Crippen LogP contribution is -2.58. The zero-order valence-corrected chi connectivity index (χ0v) is 34.4. The second-order valence-corrected chi connectivity index (χ2v) is 21.4. The van der Waals surface area contributed by atoms with E-state index in [4.69, 9.17) is 0 Å². The Labute approximate surface area is 321 Å².